The minimum absolute atomic E-state index is 0.205. The van der Waals surface area contributed by atoms with Gasteiger partial charge in [0.15, 0.2) is 5.78 Å². The fraction of sp³-hybridized carbons (Fsp3) is 0.500. The summed E-state index contributed by atoms with van der Waals surface area (Å²) in [5, 5.41) is 3.19. The summed E-state index contributed by atoms with van der Waals surface area (Å²) in [5.41, 5.74) is 1.01. The summed E-state index contributed by atoms with van der Waals surface area (Å²) in [6.07, 6.45) is 0.888. The van der Waals surface area contributed by atoms with Crippen LogP contribution in [0.15, 0.2) is 30.3 Å². The van der Waals surface area contributed by atoms with Crippen molar-refractivity contribution in [3.63, 3.8) is 0 Å². The first-order valence-electron chi connectivity index (χ1n) is 5.84. The lowest BCUT2D eigenvalue weighted by Crippen LogP contribution is -2.33. The van der Waals surface area contributed by atoms with Gasteiger partial charge in [-0.3, -0.25) is 4.79 Å². The fourth-order valence-electron chi connectivity index (χ4n) is 1.35. The van der Waals surface area contributed by atoms with Gasteiger partial charge < -0.3 is 5.32 Å². The molecule has 0 aliphatic heterocycles. The summed E-state index contributed by atoms with van der Waals surface area (Å²) in [5.74, 6) is 0.283. The molecule has 0 saturated carbocycles. The van der Waals surface area contributed by atoms with Gasteiger partial charge >= 0.3 is 0 Å². The maximum absolute atomic E-state index is 11.8. The molecule has 0 atom stereocenters. The highest BCUT2D eigenvalue weighted by molar-refractivity contribution is 5.85. The number of benzene rings is 1. The van der Waals surface area contributed by atoms with Gasteiger partial charge in [-0.05, 0) is 12.0 Å². The molecule has 0 saturated heterocycles. The van der Waals surface area contributed by atoms with Crippen LogP contribution in [-0.2, 0) is 11.3 Å². The Hall–Kier alpha value is -1.15. The Kier molecular flexibility index (Phi) is 4.69. The SMILES string of the molecule is CCC(C)(C)C(=O)CNCc1ccccc1. The number of ketones is 1. The van der Waals surface area contributed by atoms with Gasteiger partial charge in [0.1, 0.15) is 0 Å². The van der Waals surface area contributed by atoms with E-state index >= 15 is 0 Å². The van der Waals surface area contributed by atoms with Gasteiger partial charge in [0.25, 0.3) is 0 Å². The van der Waals surface area contributed by atoms with Crippen molar-refractivity contribution in [1.29, 1.82) is 0 Å². The summed E-state index contributed by atoms with van der Waals surface area (Å²) in [4.78, 5) is 11.8. The van der Waals surface area contributed by atoms with Crippen molar-refractivity contribution in [2.75, 3.05) is 6.54 Å². The highest BCUT2D eigenvalue weighted by atomic mass is 16.1. The number of nitrogens with one attached hydrogen (secondary N) is 1. The Bertz CT molecular complexity index is 330. The van der Waals surface area contributed by atoms with E-state index in [1.54, 1.807) is 0 Å². The molecule has 0 radical (unpaired) electrons. The van der Waals surface area contributed by atoms with E-state index < -0.39 is 0 Å². The molecule has 0 bridgehead atoms. The lowest BCUT2D eigenvalue weighted by atomic mass is 9.85. The molecule has 2 nitrogen and oxygen atoms in total. The largest absolute Gasteiger partial charge is 0.306 e. The number of hydrogen-bond acceptors (Lipinski definition) is 2. The van der Waals surface area contributed by atoms with Crippen molar-refractivity contribution in [3.8, 4) is 0 Å². The Morgan fingerprint density at radius 1 is 1.25 bits per heavy atom. The molecule has 88 valence electrons. The van der Waals surface area contributed by atoms with Crippen molar-refractivity contribution in [3.05, 3.63) is 35.9 Å². The van der Waals surface area contributed by atoms with Crippen molar-refractivity contribution in [1.82, 2.24) is 5.32 Å². The Morgan fingerprint density at radius 3 is 2.44 bits per heavy atom. The van der Waals surface area contributed by atoms with Crippen molar-refractivity contribution in [2.24, 2.45) is 5.41 Å². The first-order valence-corrected chi connectivity index (χ1v) is 5.84. The highest BCUT2D eigenvalue weighted by Crippen LogP contribution is 2.20. The summed E-state index contributed by atoms with van der Waals surface area (Å²) >= 11 is 0. The molecule has 1 aromatic carbocycles. The van der Waals surface area contributed by atoms with Gasteiger partial charge in [-0.25, -0.2) is 0 Å². The first kappa shape index (κ1) is 12.9. The van der Waals surface area contributed by atoms with E-state index in [2.05, 4.69) is 24.4 Å². The topological polar surface area (TPSA) is 29.1 Å². The molecule has 1 N–H and O–H groups in total. The van der Waals surface area contributed by atoms with E-state index in [0.29, 0.717) is 6.54 Å². The van der Waals surface area contributed by atoms with Gasteiger partial charge in [-0.1, -0.05) is 51.1 Å². The number of rotatable bonds is 6. The van der Waals surface area contributed by atoms with Gasteiger partial charge in [0.05, 0.1) is 6.54 Å². The van der Waals surface area contributed by atoms with E-state index in [9.17, 15) is 4.79 Å². The average Bonchev–Trinajstić information content (AvgIpc) is 2.30. The summed E-state index contributed by atoms with van der Waals surface area (Å²) < 4.78 is 0. The maximum atomic E-state index is 11.8. The van der Waals surface area contributed by atoms with Crippen LogP contribution in [0.4, 0.5) is 0 Å². The van der Waals surface area contributed by atoms with E-state index in [0.717, 1.165) is 13.0 Å². The molecular weight excluding hydrogens is 198 g/mol. The molecule has 0 spiro atoms. The number of carbonyl (C=O) groups excluding carboxylic acids is 1. The van der Waals surface area contributed by atoms with E-state index in [-0.39, 0.29) is 11.2 Å². The van der Waals surface area contributed by atoms with Crippen LogP contribution < -0.4 is 5.32 Å². The van der Waals surface area contributed by atoms with Crippen LogP contribution >= 0.6 is 0 Å². The molecule has 1 aromatic rings. The summed E-state index contributed by atoms with van der Waals surface area (Å²) in [6.45, 7) is 7.26. The van der Waals surface area contributed by atoms with Crippen LogP contribution in [0.2, 0.25) is 0 Å². The maximum Gasteiger partial charge on any atom is 0.152 e. The van der Waals surface area contributed by atoms with Crippen LogP contribution in [0.1, 0.15) is 32.8 Å². The number of Topliss-reactive ketones (excluding diaryl/α,β-unsaturated/α-hetero) is 1. The molecule has 16 heavy (non-hydrogen) atoms. The fourth-order valence-corrected chi connectivity index (χ4v) is 1.35. The minimum Gasteiger partial charge on any atom is -0.306 e. The highest BCUT2D eigenvalue weighted by Gasteiger charge is 2.24. The zero-order valence-corrected chi connectivity index (χ0v) is 10.4. The van der Waals surface area contributed by atoms with Gasteiger partial charge in [0.2, 0.25) is 0 Å². The van der Waals surface area contributed by atoms with Crippen molar-refractivity contribution >= 4 is 5.78 Å². The van der Waals surface area contributed by atoms with Crippen LogP contribution in [-0.4, -0.2) is 12.3 Å². The lowest BCUT2D eigenvalue weighted by molar-refractivity contribution is -0.126. The average molecular weight is 219 g/mol. The Morgan fingerprint density at radius 2 is 1.88 bits per heavy atom. The molecular formula is C14H21NO. The minimum atomic E-state index is -0.205. The summed E-state index contributed by atoms with van der Waals surface area (Å²) in [6, 6.07) is 10.1. The zero-order chi connectivity index (χ0) is 12.0. The monoisotopic (exact) mass is 219 g/mol. The van der Waals surface area contributed by atoms with Crippen LogP contribution in [0.25, 0.3) is 0 Å². The third-order valence-electron chi connectivity index (χ3n) is 3.10. The summed E-state index contributed by atoms with van der Waals surface area (Å²) in [7, 11) is 0. The van der Waals surface area contributed by atoms with Crippen LogP contribution in [0.3, 0.4) is 0 Å². The molecule has 0 aromatic heterocycles. The Labute approximate surface area is 98.1 Å². The third kappa shape index (κ3) is 3.78. The van der Waals surface area contributed by atoms with Crippen molar-refractivity contribution < 1.29 is 4.79 Å². The smallest absolute Gasteiger partial charge is 0.152 e. The van der Waals surface area contributed by atoms with Crippen molar-refractivity contribution in [2.45, 2.75) is 33.7 Å². The van der Waals surface area contributed by atoms with E-state index in [1.807, 2.05) is 32.0 Å². The molecule has 2 heteroatoms. The predicted molar refractivity (Wildman–Crippen MR) is 67.2 cm³/mol. The lowest BCUT2D eigenvalue weighted by Gasteiger charge is -2.20. The molecule has 1 rings (SSSR count). The normalized spacial score (nSPS) is 11.4. The molecule has 0 aliphatic rings. The Balaban J connectivity index is 2.34. The van der Waals surface area contributed by atoms with E-state index in [4.69, 9.17) is 0 Å². The number of hydrogen-bond donors (Lipinski definition) is 1. The second-order valence-corrected chi connectivity index (χ2v) is 4.75. The van der Waals surface area contributed by atoms with Gasteiger partial charge in [-0.2, -0.15) is 0 Å². The molecule has 0 unspecified atom stereocenters. The third-order valence-corrected chi connectivity index (χ3v) is 3.10. The quantitative estimate of drug-likeness (QED) is 0.797. The first-order chi connectivity index (χ1) is 7.56. The zero-order valence-electron chi connectivity index (χ0n) is 10.4. The molecule has 0 aliphatic carbocycles. The second-order valence-electron chi connectivity index (χ2n) is 4.75. The predicted octanol–water partition coefficient (Wildman–Crippen LogP) is 2.78. The second kappa shape index (κ2) is 5.80. The number of carbonyl (C=O) groups is 1. The molecule has 0 heterocycles. The molecule has 0 fully saturated rings. The van der Waals surface area contributed by atoms with Crippen LogP contribution in [0.5, 0.6) is 0 Å². The van der Waals surface area contributed by atoms with Gasteiger partial charge in [0, 0.05) is 12.0 Å². The van der Waals surface area contributed by atoms with Crippen LogP contribution in [0, 0.1) is 5.41 Å². The van der Waals surface area contributed by atoms with E-state index in [1.165, 1.54) is 5.56 Å². The molecule has 0 amide bonds. The van der Waals surface area contributed by atoms with Gasteiger partial charge in [-0.15, -0.1) is 0 Å². The standard InChI is InChI=1S/C14H21NO/c1-4-14(2,3)13(16)11-15-10-12-8-6-5-7-9-12/h5-9,15H,4,10-11H2,1-3H3.